The third-order valence-electron chi connectivity index (χ3n) is 5.11. The molecule has 0 saturated carbocycles. The summed E-state index contributed by atoms with van der Waals surface area (Å²) in [6.07, 6.45) is 0. The summed E-state index contributed by atoms with van der Waals surface area (Å²) in [6, 6.07) is 24.2. The second-order valence-corrected chi connectivity index (χ2v) is 6.37. The lowest BCUT2D eigenvalue weighted by Crippen LogP contribution is -1.86. The van der Waals surface area contributed by atoms with E-state index in [9.17, 15) is 0 Å². The monoisotopic (exact) mass is 295 g/mol. The van der Waals surface area contributed by atoms with Crippen LogP contribution in [-0.4, -0.2) is 4.57 Å². The summed E-state index contributed by atoms with van der Waals surface area (Å²) >= 11 is 0. The Bertz CT molecular complexity index is 1220. The molecule has 0 unspecified atom stereocenters. The first-order chi connectivity index (χ1) is 11.3. The van der Waals surface area contributed by atoms with Gasteiger partial charge in [0.1, 0.15) is 0 Å². The second-order valence-electron chi connectivity index (χ2n) is 6.37. The van der Waals surface area contributed by atoms with E-state index in [1.165, 1.54) is 48.9 Å². The highest BCUT2D eigenvalue weighted by Crippen LogP contribution is 2.39. The van der Waals surface area contributed by atoms with E-state index in [0.29, 0.717) is 0 Å². The molecule has 0 spiro atoms. The summed E-state index contributed by atoms with van der Waals surface area (Å²) in [6.45, 7) is 2.21. The smallest absolute Gasteiger partial charge is 0.0495 e. The molecule has 1 aromatic heterocycles. The highest BCUT2D eigenvalue weighted by atomic mass is 14.9. The van der Waals surface area contributed by atoms with Crippen molar-refractivity contribution in [1.82, 2.24) is 4.57 Å². The Balaban J connectivity index is 2.22. The topological polar surface area (TPSA) is 4.93 Å². The average molecular weight is 295 g/mol. The standard InChI is InChI=1S/C22H17N/c1-14-6-5-8-16-11-13-19-22(20(14)16)21-17-9-4-3-7-15(17)10-12-18(21)23(19)2/h3-13H,1-2H3. The number of aromatic nitrogens is 1. The van der Waals surface area contributed by atoms with Crippen molar-refractivity contribution in [2.45, 2.75) is 6.92 Å². The van der Waals surface area contributed by atoms with E-state index in [1.807, 2.05) is 0 Å². The molecule has 23 heavy (non-hydrogen) atoms. The molecule has 1 heteroatoms. The van der Waals surface area contributed by atoms with E-state index in [-0.39, 0.29) is 0 Å². The molecule has 0 saturated heterocycles. The van der Waals surface area contributed by atoms with Crippen molar-refractivity contribution < 1.29 is 0 Å². The minimum Gasteiger partial charge on any atom is -0.344 e. The third-order valence-corrected chi connectivity index (χ3v) is 5.11. The molecular weight excluding hydrogens is 278 g/mol. The van der Waals surface area contributed by atoms with Crippen molar-refractivity contribution in [3.63, 3.8) is 0 Å². The van der Waals surface area contributed by atoms with Gasteiger partial charge in [0.25, 0.3) is 0 Å². The van der Waals surface area contributed by atoms with Crippen LogP contribution < -0.4 is 0 Å². The van der Waals surface area contributed by atoms with Gasteiger partial charge in [0.2, 0.25) is 0 Å². The maximum Gasteiger partial charge on any atom is 0.0495 e. The normalized spacial score (nSPS) is 11.9. The molecule has 0 amide bonds. The van der Waals surface area contributed by atoms with Gasteiger partial charge in [-0.3, -0.25) is 0 Å². The van der Waals surface area contributed by atoms with Crippen LogP contribution in [0.25, 0.3) is 43.4 Å². The molecule has 5 aromatic rings. The van der Waals surface area contributed by atoms with Gasteiger partial charge < -0.3 is 4.57 Å². The van der Waals surface area contributed by atoms with Gasteiger partial charge >= 0.3 is 0 Å². The van der Waals surface area contributed by atoms with Gasteiger partial charge in [-0.1, -0.05) is 54.6 Å². The first kappa shape index (κ1) is 12.7. The summed E-state index contributed by atoms with van der Waals surface area (Å²) in [5.74, 6) is 0. The third kappa shape index (κ3) is 1.57. The van der Waals surface area contributed by atoms with Gasteiger partial charge in [-0.05, 0) is 46.2 Å². The van der Waals surface area contributed by atoms with Gasteiger partial charge in [-0.15, -0.1) is 0 Å². The number of fused-ring (bicyclic) bond motifs is 7. The molecule has 4 aromatic carbocycles. The number of nitrogens with zero attached hydrogens (tertiary/aromatic N) is 1. The predicted molar refractivity (Wildman–Crippen MR) is 100 cm³/mol. The van der Waals surface area contributed by atoms with Crippen LogP contribution in [0.5, 0.6) is 0 Å². The van der Waals surface area contributed by atoms with E-state index in [0.717, 1.165) is 0 Å². The molecule has 0 radical (unpaired) electrons. The molecule has 0 bridgehead atoms. The summed E-state index contributed by atoms with van der Waals surface area (Å²) in [4.78, 5) is 0. The number of benzene rings is 4. The molecule has 5 rings (SSSR count). The average Bonchev–Trinajstić information content (AvgIpc) is 2.88. The first-order valence-electron chi connectivity index (χ1n) is 8.04. The van der Waals surface area contributed by atoms with Crippen LogP contribution >= 0.6 is 0 Å². The van der Waals surface area contributed by atoms with Crippen LogP contribution in [0.4, 0.5) is 0 Å². The van der Waals surface area contributed by atoms with Gasteiger partial charge in [0.15, 0.2) is 0 Å². The molecule has 0 fully saturated rings. The maximum absolute atomic E-state index is 2.32. The molecule has 0 aliphatic heterocycles. The van der Waals surface area contributed by atoms with E-state index in [2.05, 4.69) is 85.3 Å². The van der Waals surface area contributed by atoms with Crippen molar-refractivity contribution in [3.05, 3.63) is 72.3 Å². The van der Waals surface area contributed by atoms with E-state index < -0.39 is 0 Å². The molecule has 0 aliphatic rings. The zero-order valence-corrected chi connectivity index (χ0v) is 13.3. The summed E-state index contributed by atoms with van der Waals surface area (Å²) in [7, 11) is 2.17. The predicted octanol–water partition coefficient (Wildman–Crippen LogP) is 5.95. The van der Waals surface area contributed by atoms with Gasteiger partial charge in [-0.2, -0.15) is 0 Å². The molecular formula is C22H17N. The summed E-state index contributed by atoms with van der Waals surface area (Å²) in [5.41, 5.74) is 3.95. The maximum atomic E-state index is 2.32. The first-order valence-corrected chi connectivity index (χ1v) is 8.04. The lowest BCUT2D eigenvalue weighted by Gasteiger charge is -2.06. The quantitative estimate of drug-likeness (QED) is 0.333. The van der Waals surface area contributed by atoms with Crippen LogP contribution in [-0.2, 0) is 7.05 Å². The Morgan fingerprint density at radius 2 is 1.30 bits per heavy atom. The zero-order chi connectivity index (χ0) is 15.6. The number of rotatable bonds is 0. The second kappa shape index (κ2) is 4.36. The highest BCUT2D eigenvalue weighted by molar-refractivity contribution is 6.28. The van der Waals surface area contributed by atoms with Crippen molar-refractivity contribution in [2.75, 3.05) is 0 Å². The Hall–Kier alpha value is -2.80. The molecule has 0 N–H and O–H groups in total. The molecule has 1 heterocycles. The van der Waals surface area contributed by atoms with Crippen molar-refractivity contribution in [2.24, 2.45) is 7.05 Å². The van der Waals surface area contributed by atoms with Crippen LogP contribution in [0.1, 0.15) is 5.56 Å². The van der Waals surface area contributed by atoms with Gasteiger partial charge in [0.05, 0.1) is 0 Å². The fraction of sp³-hybridized carbons (Fsp3) is 0.0909. The Morgan fingerprint density at radius 3 is 2.17 bits per heavy atom. The van der Waals surface area contributed by atoms with Crippen molar-refractivity contribution in [1.29, 1.82) is 0 Å². The largest absolute Gasteiger partial charge is 0.344 e. The Morgan fingerprint density at radius 1 is 0.609 bits per heavy atom. The van der Waals surface area contributed by atoms with Crippen LogP contribution in [0.15, 0.2) is 66.7 Å². The fourth-order valence-electron chi connectivity index (χ4n) is 4.02. The zero-order valence-electron chi connectivity index (χ0n) is 13.3. The number of hydrogen-bond acceptors (Lipinski definition) is 0. The highest BCUT2D eigenvalue weighted by Gasteiger charge is 2.14. The minimum atomic E-state index is 1.30. The SMILES string of the molecule is Cc1cccc2ccc3c(c12)c1c2ccccc2ccc1n3C. The lowest BCUT2D eigenvalue weighted by atomic mass is 9.97. The molecule has 0 aliphatic carbocycles. The number of aryl methyl sites for hydroxylation is 2. The van der Waals surface area contributed by atoms with E-state index >= 15 is 0 Å². The van der Waals surface area contributed by atoms with E-state index in [4.69, 9.17) is 0 Å². The van der Waals surface area contributed by atoms with Crippen LogP contribution in [0, 0.1) is 6.92 Å². The number of hydrogen-bond donors (Lipinski definition) is 0. The molecule has 0 atom stereocenters. The molecule has 110 valence electrons. The van der Waals surface area contributed by atoms with Crippen molar-refractivity contribution in [3.8, 4) is 0 Å². The van der Waals surface area contributed by atoms with E-state index in [1.54, 1.807) is 0 Å². The van der Waals surface area contributed by atoms with Crippen LogP contribution in [0.3, 0.4) is 0 Å². The Kier molecular flexibility index (Phi) is 2.41. The lowest BCUT2D eigenvalue weighted by molar-refractivity contribution is 1.02. The minimum absolute atomic E-state index is 1.30. The van der Waals surface area contributed by atoms with Crippen LogP contribution in [0.2, 0.25) is 0 Å². The van der Waals surface area contributed by atoms with Gasteiger partial charge in [-0.25, -0.2) is 0 Å². The fourth-order valence-corrected chi connectivity index (χ4v) is 4.02. The Labute approximate surface area is 134 Å². The summed E-state index contributed by atoms with van der Waals surface area (Å²) in [5, 5.41) is 8.10. The molecule has 1 nitrogen and oxygen atoms in total. The summed E-state index contributed by atoms with van der Waals surface area (Å²) < 4.78 is 2.32. The van der Waals surface area contributed by atoms with Gasteiger partial charge in [0, 0.05) is 28.9 Å². The van der Waals surface area contributed by atoms with Crippen molar-refractivity contribution >= 4 is 43.4 Å².